The Bertz CT molecular complexity index is 1690. The number of ether oxygens (including phenoxy) is 2. The van der Waals surface area contributed by atoms with Crippen molar-refractivity contribution in [2.24, 2.45) is 0 Å². The highest BCUT2D eigenvalue weighted by atomic mass is 35.5. The number of amides is 2. The number of benzene rings is 3. The average Bonchev–Trinajstić information content (AvgIpc) is 2.97. The van der Waals surface area contributed by atoms with E-state index >= 15 is 0 Å². The molecule has 1 fully saturated rings. The molecule has 42 heavy (non-hydrogen) atoms. The minimum absolute atomic E-state index is 0.0150. The summed E-state index contributed by atoms with van der Waals surface area (Å²) in [5, 5.41) is 12.1. The van der Waals surface area contributed by atoms with Crippen molar-refractivity contribution in [1.82, 2.24) is 9.21 Å². The van der Waals surface area contributed by atoms with Gasteiger partial charge in [0.2, 0.25) is 10.0 Å². The number of nitrogens with one attached hydrogen (secondary N) is 2. The quantitative estimate of drug-likeness (QED) is 0.318. The van der Waals surface area contributed by atoms with Crippen LogP contribution in [0.3, 0.4) is 0 Å². The molecule has 1 heterocycles. The Morgan fingerprint density at radius 2 is 1.38 bits per heavy atom. The molecule has 224 valence electrons. The zero-order chi connectivity index (χ0) is 30.7. The van der Waals surface area contributed by atoms with E-state index < -0.39 is 32.0 Å². The van der Waals surface area contributed by atoms with Crippen LogP contribution >= 0.6 is 11.6 Å². The second kappa shape index (κ2) is 12.4. The molecule has 16 heteroatoms. The summed E-state index contributed by atoms with van der Waals surface area (Å²) in [4.78, 5) is 25.5. The predicted molar refractivity (Wildman–Crippen MR) is 155 cm³/mol. The van der Waals surface area contributed by atoms with Crippen LogP contribution in [-0.2, 0) is 20.0 Å². The van der Waals surface area contributed by atoms with Gasteiger partial charge in [0.05, 0.1) is 35.3 Å². The van der Waals surface area contributed by atoms with Crippen molar-refractivity contribution in [1.29, 1.82) is 0 Å². The van der Waals surface area contributed by atoms with E-state index in [-0.39, 0.29) is 64.4 Å². The lowest BCUT2D eigenvalue weighted by Gasteiger charge is -2.32. The molecule has 3 N–H and O–H groups in total. The molecule has 1 saturated heterocycles. The Morgan fingerprint density at radius 3 is 1.93 bits per heavy atom. The van der Waals surface area contributed by atoms with Crippen LogP contribution in [0.5, 0.6) is 11.5 Å². The number of methoxy groups -OCH3 is 2. The van der Waals surface area contributed by atoms with Crippen LogP contribution < -0.4 is 19.5 Å². The van der Waals surface area contributed by atoms with Crippen molar-refractivity contribution >= 4 is 55.0 Å². The summed E-state index contributed by atoms with van der Waals surface area (Å²) >= 11 is 5.87. The van der Waals surface area contributed by atoms with Crippen molar-refractivity contribution in [3.8, 4) is 11.5 Å². The number of anilines is 2. The first-order chi connectivity index (χ1) is 19.8. The summed E-state index contributed by atoms with van der Waals surface area (Å²) < 4.78 is 66.4. The van der Waals surface area contributed by atoms with Gasteiger partial charge in [0, 0.05) is 43.0 Å². The number of halogens is 1. The van der Waals surface area contributed by atoms with E-state index in [1.54, 1.807) is 0 Å². The number of rotatable bonds is 9. The Morgan fingerprint density at radius 1 is 0.833 bits per heavy atom. The number of hydrogen-bond donors (Lipinski definition) is 3. The number of hydrogen-bond acceptors (Lipinski definition) is 8. The summed E-state index contributed by atoms with van der Waals surface area (Å²) in [6, 6.07) is 13.5. The molecule has 0 saturated carbocycles. The van der Waals surface area contributed by atoms with Crippen LogP contribution in [0.25, 0.3) is 0 Å². The molecule has 0 atom stereocenters. The first kappa shape index (κ1) is 30.9. The third-order valence-electron chi connectivity index (χ3n) is 6.40. The van der Waals surface area contributed by atoms with E-state index in [2.05, 4.69) is 10.0 Å². The zero-order valence-corrected chi connectivity index (χ0v) is 24.8. The minimum Gasteiger partial charge on any atom is -0.493 e. The number of carbonyl (C=O) groups is 2. The summed E-state index contributed by atoms with van der Waals surface area (Å²) in [7, 11) is -5.32. The molecular weight excluding hydrogens is 612 g/mol. The van der Waals surface area contributed by atoms with Crippen molar-refractivity contribution in [2.75, 3.05) is 50.4 Å². The van der Waals surface area contributed by atoms with Gasteiger partial charge in [-0.15, -0.1) is 0 Å². The monoisotopic (exact) mass is 638 g/mol. The largest absolute Gasteiger partial charge is 0.493 e. The van der Waals surface area contributed by atoms with Crippen LogP contribution in [0.4, 0.5) is 16.2 Å². The van der Waals surface area contributed by atoms with Crippen molar-refractivity contribution in [2.45, 2.75) is 9.79 Å². The van der Waals surface area contributed by atoms with Crippen molar-refractivity contribution in [3.63, 3.8) is 0 Å². The fourth-order valence-corrected chi connectivity index (χ4v) is 6.77. The highest BCUT2D eigenvalue weighted by Crippen LogP contribution is 2.35. The predicted octanol–water partition coefficient (Wildman–Crippen LogP) is 3.39. The number of carbonyl (C=O) groups excluding carboxylic acids is 1. The van der Waals surface area contributed by atoms with Gasteiger partial charge in [-0.1, -0.05) is 11.6 Å². The Hall–Kier alpha value is -4.05. The van der Waals surface area contributed by atoms with Gasteiger partial charge in [-0.05, 0) is 54.6 Å². The maximum absolute atomic E-state index is 13.3. The molecule has 13 nitrogen and oxygen atoms in total. The fraction of sp³-hybridized carbons (Fsp3) is 0.231. The average molecular weight is 639 g/mol. The van der Waals surface area contributed by atoms with Gasteiger partial charge in [0.25, 0.3) is 15.9 Å². The third-order valence-corrected chi connectivity index (χ3v) is 9.94. The molecule has 1 aliphatic heterocycles. The van der Waals surface area contributed by atoms with Crippen LogP contribution in [0.1, 0.15) is 10.4 Å². The fourth-order valence-electron chi connectivity index (χ4n) is 4.15. The molecule has 0 bridgehead atoms. The van der Waals surface area contributed by atoms with Gasteiger partial charge in [-0.2, -0.15) is 4.31 Å². The molecule has 3 aromatic rings. The van der Waals surface area contributed by atoms with Gasteiger partial charge >= 0.3 is 6.09 Å². The second-order valence-corrected chi connectivity index (χ2v) is 13.0. The SMILES string of the molecule is COc1cc(NS(=O)(=O)c2ccc(Cl)cc2)c(C(=O)Nc2ccc(S(=O)(=O)N3CCN(C(=O)O)CC3)cc2)cc1OC. The number of sulfonamides is 2. The Kier molecular flexibility index (Phi) is 9.15. The topological polar surface area (TPSA) is 172 Å². The van der Waals surface area contributed by atoms with Crippen LogP contribution in [0.2, 0.25) is 5.02 Å². The van der Waals surface area contributed by atoms with E-state index in [0.29, 0.717) is 5.02 Å². The lowest BCUT2D eigenvalue weighted by Crippen LogP contribution is -2.50. The van der Waals surface area contributed by atoms with Gasteiger partial charge < -0.3 is 24.8 Å². The smallest absolute Gasteiger partial charge is 0.407 e. The van der Waals surface area contributed by atoms with E-state index in [1.165, 1.54) is 79.2 Å². The summed E-state index contributed by atoms with van der Waals surface area (Å²) in [5.74, 6) is -0.381. The maximum Gasteiger partial charge on any atom is 0.407 e. The van der Waals surface area contributed by atoms with Crippen molar-refractivity contribution in [3.05, 3.63) is 71.2 Å². The van der Waals surface area contributed by atoms with E-state index in [9.17, 15) is 26.4 Å². The maximum atomic E-state index is 13.3. The Balaban J connectivity index is 1.57. The molecule has 4 rings (SSSR count). The van der Waals surface area contributed by atoms with E-state index in [4.69, 9.17) is 26.2 Å². The number of piperazine rings is 1. The van der Waals surface area contributed by atoms with E-state index in [0.717, 1.165) is 4.90 Å². The molecule has 0 spiro atoms. The van der Waals surface area contributed by atoms with Gasteiger partial charge in [-0.25, -0.2) is 21.6 Å². The normalized spacial score (nSPS) is 14.2. The summed E-state index contributed by atoms with van der Waals surface area (Å²) in [6.07, 6.45) is -1.11. The number of carboxylic acid groups (broad SMARTS) is 1. The molecule has 3 aromatic carbocycles. The van der Waals surface area contributed by atoms with Gasteiger partial charge in [0.1, 0.15) is 0 Å². The number of nitrogens with zero attached hydrogens (tertiary/aromatic N) is 2. The molecular formula is C26H27ClN4O9S2. The first-order valence-electron chi connectivity index (χ1n) is 12.3. The van der Waals surface area contributed by atoms with Crippen LogP contribution in [-0.4, -0.2) is 83.5 Å². The molecule has 0 aliphatic carbocycles. The molecule has 2 amide bonds. The van der Waals surface area contributed by atoms with Crippen LogP contribution in [0, 0.1) is 0 Å². The summed E-state index contributed by atoms with van der Waals surface area (Å²) in [5.41, 5.74) is 0.0360. The second-order valence-electron chi connectivity index (χ2n) is 8.96. The highest BCUT2D eigenvalue weighted by molar-refractivity contribution is 7.92. The lowest BCUT2D eigenvalue weighted by atomic mass is 10.1. The third kappa shape index (κ3) is 6.70. The minimum atomic E-state index is -4.14. The Labute approximate surface area is 247 Å². The lowest BCUT2D eigenvalue weighted by molar-refractivity contribution is 0.102. The van der Waals surface area contributed by atoms with Crippen molar-refractivity contribution < 1.29 is 41.0 Å². The highest BCUT2D eigenvalue weighted by Gasteiger charge is 2.30. The molecule has 0 unspecified atom stereocenters. The van der Waals surface area contributed by atoms with Gasteiger partial charge in [-0.3, -0.25) is 9.52 Å². The zero-order valence-electron chi connectivity index (χ0n) is 22.4. The first-order valence-corrected chi connectivity index (χ1v) is 15.6. The standard InChI is InChI=1S/C26H27ClN4O9S2/c1-39-23-15-21(22(16-24(23)40-2)29-41(35,36)19-7-3-17(27)4-8-19)25(32)28-18-5-9-20(10-6-18)42(37,38)31-13-11-30(12-14-31)26(33)34/h3-10,15-16,29H,11-14H2,1-2H3,(H,28,32)(H,33,34). The summed E-state index contributed by atoms with van der Waals surface area (Å²) in [6.45, 7) is 0.137. The van der Waals surface area contributed by atoms with Gasteiger partial charge in [0.15, 0.2) is 11.5 Å². The van der Waals surface area contributed by atoms with Crippen LogP contribution in [0.15, 0.2) is 70.5 Å². The molecule has 1 aliphatic rings. The molecule has 0 aromatic heterocycles. The van der Waals surface area contributed by atoms with E-state index in [1.807, 2.05) is 0 Å². The molecule has 0 radical (unpaired) electrons.